The third kappa shape index (κ3) is 5.76. The highest BCUT2D eigenvalue weighted by Crippen LogP contribution is 2.33. The number of hydrogen-bond donors (Lipinski definition) is 2. The van der Waals surface area contributed by atoms with Crippen LogP contribution in [-0.2, 0) is 26.2 Å². The van der Waals surface area contributed by atoms with E-state index in [2.05, 4.69) is 9.71 Å². The largest absolute Gasteiger partial charge is 0.419 e. The summed E-state index contributed by atoms with van der Waals surface area (Å²) >= 11 is 0. The van der Waals surface area contributed by atoms with Crippen molar-refractivity contribution in [1.82, 2.24) is 4.72 Å². The van der Waals surface area contributed by atoms with Gasteiger partial charge in [0.2, 0.25) is 0 Å². The van der Waals surface area contributed by atoms with Gasteiger partial charge in [0.05, 0.1) is 21.0 Å². The molecule has 0 amide bonds. The Hall–Kier alpha value is -2.67. The fraction of sp³-hybridized carbons (Fsp3) is 0.316. The second-order valence-electron chi connectivity index (χ2n) is 7.02. The van der Waals surface area contributed by atoms with E-state index in [4.69, 9.17) is 0 Å². The Morgan fingerprint density at radius 3 is 2.25 bits per heavy atom. The van der Waals surface area contributed by atoms with Gasteiger partial charge in [-0.2, -0.15) is 13.2 Å². The van der Waals surface area contributed by atoms with E-state index in [-0.39, 0.29) is 16.6 Å². The van der Waals surface area contributed by atoms with Crippen LogP contribution >= 0.6 is 0 Å². The summed E-state index contributed by atoms with van der Waals surface area (Å²) < 4.78 is 107. The normalized spacial score (nSPS) is 15.6. The molecule has 1 aliphatic rings. The first-order chi connectivity index (χ1) is 14.9. The first-order valence-corrected chi connectivity index (χ1v) is 12.4. The highest BCUT2D eigenvalue weighted by molar-refractivity contribution is 7.92. The van der Waals surface area contributed by atoms with Crippen LogP contribution in [0.15, 0.2) is 57.2 Å². The van der Waals surface area contributed by atoms with Crippen LogP contribution in [0.4, 0.5) is 23.2 Å². The molecule has 32 heavy (non-hydrogen) atoms. The van der Waals surface area contributed by atoms with Gasteiger partial charge in [-0.3, -0.25) is 14.4 Å². The molecule has 0 unspecified atom stereocenters. The Labute approximate surface area is 182 Å². The number of halogens is 4. The van der Waals surface area contributed by atoms with E-state index in [0.717, 1.165) is 25.3 Å². The van der Waals surface area contributed by atoms with Gasteiger partial charge in [0, 0.05) is 13.0 Å². The maximum absolute atomic E-state index is 13.5. The molecule has 3 rings (SSSR count). The second-order valence-corrected chi connectivity index (χ2v) is 10.4. The van der Waals surface area contributed by atoms with Crippen LogP contribution in [0.2, 0.25) is 0 Å². The molecule has 0 aliphatic carbocycles. The predicted molar refractivity (Wildman–Crippen MR) is 110 cm³/mol. The average molecular weight is 494 g/mol. The number of alkyl halides is 3. The van der Waals surface area contributed by atoms with Gasteiger partial charge < -0.3 is 0 Å². The van der Waals surface area contributed by atoms with Crippen molar-refractivity contribution < 1.29 is 34.4 Å². The highest BCUT2D eigenvalue weighted by atomic mass is 32.2. The number of nitrogens with zero attached hydrogens (tertiary/aromatic N) is 1. The lowest BCUT2D eigenvalue weighted by Crippen LogP contribution is -2.30. The molecule has 13 heteroatoms. The molecule has 0 bridgehead atoms. The molecule has 2 aromatic carbocycles. The molecule has 0 saturated carbocycles. The number of anilines is 1. The minimum atomic E-state index is -5.09. The second kappa shape index (κ2) is 9.06. The van der Waals surface area contributed by atoms with Crippen molar-refractivity contribution in [1.29, 1.82) is 0 Å². The molecule has 1 aliphatic heterocycles. The molecule has 0 atom stereocenters. The van der Waals surface area contributed by atoms with Gasteiger partial charge in [-0.05, 0) is 49.2 Å². The van der Waals surface area contributed by atoms with E-state index >= 15 is 0 Å². The zero-order valence-electron chi connectivity index (χ0n) is 16.5. The SMILES string of the molecule is O=S(=O)(NC1=NCCCCC1)c1cccc(NS(=O)(=O)c2ccc(F)c(C(F)(F)F)c2)c1. The van der Waals surface area contributed by atoms with Gasteiger partial charge in [0.25, 0.3) is 20.0 Å². The van der Waals surface area contributed by atoms with Crippen LogP contribution in [-0.4, -0.2) is 29.2 Å². The number of rotatable bonds is 5. The van der Waals surface area contributed by atoms with Crippen LogP contribution in [0.5, 0.6) is 0 Å². The van der Waals surface area contributed by atoms with E-state index in [1.165, 1.54) is 18.2 Å². The molecule has 2 N–H and O–H groups in total. The average Bonchev–Trinajstić information content (AvgIpc) is 2.95. The quantitative estimate of drug-likeness (QED) is 0.617. The van der Waals surface area contributed by atoms with Crippen LogP contribution in [0.1, 0.15) is 31.2 Å². The minimum Gasteiger partial charge on any atom is -0.280 e. The maximum Gasteiger partial charge on any atom is 0.419 e. The molecular weight excluding hydrogens is 474 g/mol. The number of sulfonamides is 2. The Balaban J connectivity index is 1.86. The van der Waals surface area contributed by atoms with Gasteiger partial charge >= 0.3 is 6.18 Å². The zero-order valence-corrected chi connectivity index (χ0v) is 18.1. The van der Waals surface area contributed by atoms with Gasteiger partial charge in [0.1, 0.15) is 11.7 Å². The van der Waals surface area contributed by atoms with E-state index in [1.54, 1.807) is 0 Å². The smallest absolute Gasteiger partial charge is 0.280 e. The minimum absolute atomic E-state index is 0.171. The summed E-state index contributed by atoms with van der Waals surface area (Å²) in [7, 11) is -8.63. The molecule has 0 spiro atoms. The molecular formula is C19H19F4N3O4S2. The van der Waals surface area contributed by atoms with Gasteiger partial charge in [-0.1, -0.05) is 12.5 Å². The van der Waals surface area contributed by atoms with Gasteiger partial charge in [0.15, 0.2) is 0 Å². The van der Waals surface area contributed by atoms with E-state index in [0.29, 0.717) is 30.9 Å². The Kier molecular flexibility index (Phi) is 6.79. The van der Waals surface area contributed by atoms with Crippen molar-refractivity contribution >= 4 is 31.6 Å². The summed E-state index contributed by atoms with van der Waals surface area (Å²) in [6.07, 6.45) is -2.08. The lowest BCUT2D eigenvalue weighted by atomic mass is 10.2. The molecule has 0 saturated heterocycles. The maximum atomic E-state index is 13.5. The summed E-state index contributed by atoms with van der Waals surface area (Å²) in [6.45, 7) is 0.495. The molecule has 174 valence electrons. The number of benzene rings is 2. The van der Waals surface area contributed by atoms with Crippen LogP contribution in [0.25, 0.3) is 0 Å². The summed E-state index contributed by atoms with van der Waals surface area (Å²) in [5.74, 6) is -1.31. The lowest BCUT2D eigenvalue weighted by Gasteiger charge is -2.13. The number of hydrogen-bond acceptors (Lipinski definition) is 5. The molecule has 7 nitrogen and oxygen atoms in total. The van der Waals surface area contributed by atoms with Crippen molar-refractivity contribution in [3.63, 3.8) is 0 Å². The van der Waals surface area contributed by atoms with Crippen LogP contribution in [0.3, 0.4) is 0 Å². The predicted octanol–water partition coefficient (Wildman–Crippen LogP) is 3.90. The zero-order chi connectivity index (χ0) is 23.6. The lowest BCUT2D eigenvalue weighted by molar-refractivity contribution is -0.140. The van der Waals surface area contributed by atoms with Crippen LogP contribution in [0, 0.1) is 5.82 Å². The van der Waals surface area contributed by atoms with Gasteiger partial charge in [-0.15, -0.1) is 0 Å². The first-order valence-electron chi connectivity index (χ1n) is 9.44. The van der Waals surface area contributed by atoms with Crippen molar-refractivity contribution in [2.24, 2.45) is 4.99 Å². The number of nitrogens with one attached hydrogen (secondary N) is 2. The molecule has 0 fully saturated rings. The van der Waals surface area contributed by atoms with Crippen molar-refractivity contribution in [2.45, 2.75) is 41.7 Å². The first kappa shape index (κ1) is 24.0. The van der Waals surface area contributed by atoms with Gasteiger partial charge in [-0.25, -0.2) is 21.2 Å². The third-order valence-corrected chi connectivity index (χ3v) is 7.33. The summed E-state index contributed by atoms with van der Waals surface area (Å²) in [4.78, 5) is 3.09. The molecule has 2 aromatic rings. The Morgan fingerprint density at radius 2 is 1.53 bits per heavy atom. The third-order valence-electron chi connectivity index (χ3n) is 4.58. The standard InChI is InChI=1S/C19H19F4N3O4S2/c20-17-9-8-15(12-16(17)19(21,22)23)31(27,28)25-13-5-4-6-14(11-13)32(29,30)26-18-7-2-1-3-10-24-18/h4-6,8-9,11-12,25H,1-3,7,10H2,(H,24,26). The van der Waals surface area contributed by atoms with E-state index in [9.17, 15) is 34.4 Å². The summed E-state index contributed by atoms with van der Waals surface area (Å²) in [5, 5.41) is 0. The molecule has 0 aromatic heterocycles. The molecule has 1 heterocycles. The Morgan fingerprint density at radius 1 is 0.844 bits per heavy atom. The monoisotopic (exact) mass is 493 g/mol. The van der Waals surface area contributed by atoms with Crippen molar-refractivity contribution in [3.8, 4) is 0 Å². The van der Waals surface area contributed by atoms with E-state index < -0.39 is 42.5 Å². The van der Waals surface area contributed by atoms with Crippen LogP contribution < -0.4 is 9.44 Å². The highest BCUT2D eigenvalue weighted by Gasteiger charge is 2.35. The topological polar surface area (TPSA) is 105 Å². The summed E-state index contributed by atoms with van der Waals surface area (Å²) in [5.41, 5.74) is -1.93. The van der Waals surface area contributed by atoms with Crippen molar-refractivity contribution in [3.05, 3.63) is 53.8 Å². The number of aliphatic imine (C=N–C) groups is 1. The summed E-state index contributed by atoms with van der Waals surface area (Å²) in [6, 6.07) is 6.00. The van der Waals surface area contributed by atoms with E-state index in [1.807, 2.05) is 4.72 Å². The number of amidine groups is 1. The molecule has 0 radical (unpaired) electrons. The van der Waals surface area contributed by atoms with Crippen molar-refractivity contribution in [2.75, 3.05) is 11.3 Å². The fourth-order valence-electron chi connectivity index (χ4n) is 3.00. The Bertz CT molecular complexity index is 1240. The fourth-order valence-corrected chi connectivity index (χ4v) is 5.21.